The smallest absolute Gasteiger partial charge is 0.303 e. The van der Waals surface area contributed by atoms with Gasteiger partial charge in [0.25, 0.3) is 0 Å². The van der Waals surface area contributed by atoms with Gasteiger partial charge < -0.3 is 25.1 Å². The molecule has 0 amide bonds. The van der Waals surface area contributed by atoms with E-state index in [0.717, 1.165) is 5.56 Å². The number of hydrogen-bond acceptors (Lipinski definition) is 6. The SMILES string of the molecule is Cn1nc(OCCCC(=O)O)c(-c2ccc3c(c2)OCO3)c1N. The van der Waals surface area contributed by atoms with Crippen LogP contribution in [0.2, 0.25) is 0 Å². The first kappa shape index (κ1) is 15.0. The summed E-state index contributed by atoms with van der Waals surface area (Å²) in [6.45, 7) is 0.445. The topological polar surface area (TPSA) is 109 Å². The minimum absolute atomic E-state index is 0.0433. The second-order valence-corrected chi connectivity index (χ2v) is 5.10. The number of fused-ring (bicyclic) bond motifs is 1. The van der Waals surface area contributed by atoms with Gasteiger partial charge in [0.2, 0.25) is 12.7 Å². The summed E-state index contributed by atoms with van der Waals surface area (Å²) in [5.41, 5.74) is 7.54. The van der Waals surface area contributed by atoms with Crippen LogP contribution in [0.15, 0.2) is 18.2 Å². The Hall–Kier alpha value is -2.90. The highest BCUT2D eigenvalue weighted by atomic mass is 16.7. The summed E-state index contributed by atoms with van der Waals surface area (Å²) in [5, 5.41) is 12.9. The zero-order chi connectivity index (χ0) is 16.4. The average Bonchev–Trinajstić information content (AvgIpc) is 3.08. The van der Waals surface area contributed by atoms with Crippen molar-refractivity contribution < 1.29 is 24.1 Å². The number of ether oxygens (including phenoxy) is 3. The third-order valence-corrected chi connectivity index (χ3v) is 3.49. The Kier molecular flexibility index (Phi) is 3.96. The van der Waals surface area contributed by atoms with Crippen LogP contribution in [0.3, 0.4) is 0 Å². The molecule has 3 N–H and O–H groups in total. The number of aromatic nitrogens is 2. The van der Waals surface area contributed by atoms with E-state index in [-0.39, 0.29) is 19.8 Å². The third kappa shape index (κ3) is 3.01. The predicted octanol–water partition coefficient (Wildman–Crippen LogP) is 1.64. The molecule has 2 heterocycles. The van der Waals surface area contributed by atoms with Crippen LogP contribution < -0.4 is 19.9 Å². The van der Waals surface area contributed by atoms with Gasteiger partial charge in [-0.15, -0.1) is 5.10 Å². The molecule has 0 bridgehead atoms. The Morgan fingerprint density at radius 1 is 1.43 bits per heavy atom. The summed E-state index contributed by atoms with van der Waals surface area (Å²) in [6, 6.07) is 5.48. The second kappa shape index (κ2) is 6.07. The highest BCUT2D eigenvalue weighted by Crippen LogP contribution is 2.40. The maximum absolute atomic E-state index is 10.5. The second-order valence-electron chi connectivity index (χ2n) is 5.10. The number of benzene rings is 1. The molecule has 0 atom stereocenters. The number of hydrogen-bond donors (Lipinski definition) is 2. The monoisotopic (exact) mass is 319 g/mol. The fraction of sp³-hybridized carbons (Fsp3) is 0.333. The number of anilines is 1. The Morgan fingerprint density at radius 2 is 2.22 bits per heavy atom. The Balaban J connectivity index is 1.84. The molecule has 1 aromatic carbocycles. The molecule has 0 unspecified atom stereocenters. The molecule has 1 aromatic heterocycles. The molecule has 0 saturated heterocycles. The lowest BCUT2D eigenvalue weighted by atomic mass is 10.1. The first-order valence-electron chi connectivity index (χ1n) is 7.13. The molecule has 0 radical (unpaired) electrons. The normalized spacial score (nSPS) is 12.4. The summed E-state index contributed by atoms with van der Waals surface area (Å²) >= 11 is 0. The van der Waals surface area contributed by atoms with Gasteiger partial charge in [0.15, 0.2) is 11.5 Å². The van der Waals surface area contributed by atoms with Gasteiger partial charge in [0.05, 0.1) is 12.2 Å². The molecule has 122 valence electrons. The van der Waals surface area contributed by atoms with Crippen molar-refractivity contribution in [2.75, 3.05) is 19.1 Å². The van der Waals surface area contributed by atoms with Gasteiger partial charge >= 0.3 is 5.97 Å². The fourth-order valence-electron chi connectivity index (χ4n) is 2.33. The van der Waals surface area contributed by atoms with Crippen LogP contribution in [0.25, 0.3) is 11.1 Å². The molecule has 0 saturated carbocycles. The molecule has 8 nitrogen and oxygen atoms in total. The lowest BCUT2D eigenvalue weighted by molar-refractivity contribution is -0.137. The maximum atomic E-state index is 10.5. The number of rotatable bonds is 6. The van der Waals surface area contributed by atoms with E-state index in [2.05, 4.69) is 5.10 Å². The maximum Gasteiger partial charge on any atom is 0.303 e. The molecule has 0 aliphatic carbocycles. The largest absolute Gasteiger partial charge is 0.481 e. The number of carboxylic acids is 1. The van der Waals surface area contributed by atoms with Gasteiger partial charge in [-0.05, 0) is 24.1 Å². The van der Waals surface area contributed by atoms with Crippen LogP contribution in [-0.2, 0) is 11.8 Å². The summed E-state index contributed by atoms with van der Waals surface area (Å²) in [7, 11) is 1.72. The molecular weight excluding hydrogens is 302 g/mol. The van der Waals surface area contributed by atoms with Gasteiger partial charge in [0, 0.05) is 13.5 Å². The van der Waals surface area contributed by atoms with Crippen LogP contribution in [-0.4, -0.2) is 34.3 Å². The van der Waals surface area contributed by atoms with E-state index in [4.69, 9.17) is 25.1 Å². The number of nitrogen functional groups attached to an aromatic ring is 1. The van der Waals surface area contributed by atoms with Crippen LogP contribution in [0.5, 0.6) is 17.4 Å². The predicted molar refractivity (Wildman–Crippen MR) is 81.5 cm³/mol. The number of carbonyl (C=O) groups is 1. The van der Waals surface area contributed by atoms with E-state index in [1.165, 1.54) is 4.68 Å². The van der Waals surface area contributed by atoms with Crippen molar-refractivity contribution in [1.29, 1.82) is 0 Å². The van der Waals surface area contributed by atoms with E-state index < -0.39 is 5.97 Å². The van der Waals surface area contributed by atoms with Crippen LogP contribution in [0.4, 0.5) is 5.82 Å². The minimum Gasteiger partial charge on any atom is -0.481 e. The van der Waals surface area contributed by atoms with E-state index in [0.29, 0.717) is 35.2 Å². The summed E-state index contributed by atoms with van der Waals surface area (Å²) in [4.78, 5) is 10.5. The van der Waals surface area contributed by atoms with Crippen LogP contribution >= 0.6 is 0 Å². The van der Waals surface area contributed by atoms with Crippen LogP contribution in [0, 0.1) is 0 Å². The number of aryl methyl sites for hydroxylation is 1. The molecule has 8 heteroatoms. The molecule has 23 heavy (non-hydrogen) atoms. The number of nitrogens with two attached hydrogens (primary N) is 1. The zero-order valence-electron chi connectivity index (χ0n) is 12.6. The van der Waals surface area contributed by atoms with Crippen molar-refractivity contribution in [1.82, 2.24) is 9.78 Å². The highest BCUT2D eigenvalue weighted by molar-refractivity contribution is 5.80. The minimum atomic E-state index is -0.856. The van der Waals surface area contributed by atoms with E-state index in [1.54, 1.807) is 13.1 Å². The molecule has 1 aliphatic rings. The van der Waals surface area contributed by atoms with E-state index >= 15 is 0 Å². The Morgan fingerprint density at radius 3 is 3.00 bits per heavy atom. The first-order valence-corrected chi connectivity index (χ1v) is 7.13. The molecule has 0 fully saturated rings. The zero-order valence-corrected chi connectivity index (χ0v) is 12.6. The lowest BCUT2D eigenvalue weighted by Gasteiger charge is -2.07. The lowest BCUT2D eigenvalue weighted by Crippen LogP contribution is -2.03. The number of aliphatic carboxylic acids is 1. The van der Waals surface area contributed by atoms with E-state index in [1.807, 2.05) is 12.1 Å². The van der Waals surface area contributed by atoms with Crippen molar-refractivity contribution in [2.24, 2.45) is 7.05 Å². The van der Waals surface area contributed by atoms with Gasteiger partial charge in [-0.1, -0.05) is 6.07 Å². The number of carboxylic acid groups (broad SMARTS) is 1. The summed E-state index contributed by atoms with van der Waals surface area (Å²) in [5.74, 6) is 1.29. The standard InChI is InChI=1S/C15H17N3O5/c1-18-14(16)13(15(17-18)21-6-2-3-12(19)20)9-4-5-10-11(7-9)23-8-22-10/h4-5,7H,2-3,6,8,16H2,1H3,(H,19,20). The van der Waals surface area contributed by atoms with Gasteiger partial charge in [0.1, 0.15) is 5.82 Å². The summed E-state index contributed by atoms with van der Waals surface area (Å²) < 4.78 is 17.8. The van der Waals surface area contributed by atoms with Gasteiger partial charge in [-0.25, -0.2) is 4.68 Å². The van der Waals surface area contributed by atoms with Crippen molar-refractivity contribution in [3.05, 3.63) is 18.2 Å². The van der Waals surface area contributed by atoms with Gasteiger partial charge in [-0.2, -0.15) is 0 Å². The quantitative estimate of drug-likeness (QED) is 0.779. The average molecular weight is 319 g/mol. The van der Waals surface area contributed by atoms with Crippen molar-refractivity contribution >= 4 is 11.8 Å². The Labute approximate surface area is 132 Å². The molecule has 0 spiro atoms. The van der Waals surface area contributed by atoms with Crippen molar-refractivity contribution in [2.45, 2.75) is 12.8 Å². The third-order valence-electron chi connectivity index (χ3n) is 3.49. The van der Waals surface area contributed by atoms with Crippen molar-refractivity contribution in [3.8, 4) is 28.5 Å². The fourth-order valence-corrected chi connectivity index (χ4v) is 2.33. The molecule has 2 aromatic rings. The van der Waals surface area contributed by atoms with E-state index in [9.17, 15) is 4.79 Å². The molecular formula is C15H17N3O5. The van der Waals surface area contributed by atoms with Crippen molar-refractivity contribution in [3.63, 3.8) is 0 Å². The molecule has 1 aliphatic heterocycles. The molecule has 3 rings (SSSR count). The van der Waals surface area contributed by atoms with Crippen LogP contribution in [0.1, 0.15) is 12.8 Å². The highest BCUT2D eigenvalue weighted by Gasteiger charge is 2.21. The first-order chi connectivity index (χ1) is 11.1. The summed E-state index contributed by atoms with van der Waals surface area (Å²) in [6.07, 6.45) is 0.439. The number of nitrogens with zero attached hydrogens (tertiary/aromatic N) is 2. The van der Waals surface area contributed by atoms with Gasteiger partial charge in [-0.3, -0.25) is 4.79 Å². The Bertz CT molecular complexity index is 741.